The number of aliphatic carboxylic acids is 1. The van der Waals surface area contributed by atoms with Crippen LogP contribution in [0.3, 0.4) is 0 Å². The molecule has 2 bridgehead atoms. The summed E-state index contributed by atoms with van der Waals surface area (Å²) < 4.78 is 34.8. The lowest BCUT2D eigenvalue weighted by Crippen LogP contribution is -2.42. The van der Waals surface area contributed by atoms with Crippen LogP contribution in [0, 0.1) is 29.6 Å². The summed E-state index contributed by atoms with van der Waals surface area (Å²) in [6.07, 6.45) is 0.385. The number of fused-ring (bicyclic) bond motifs is 9. The summed E-state index contributed by atoms with van der Waals surface area (Å²) in [5, 5.41) is 17.7. The van der Waals surface area contributed by atoms with Gasteiger partial charge in [0.1, 0.15) is 0 Å². The summed E-state index contributed by atoms with van der Waals surface area (Å²) >= 11 is 2.68. The number of nitrogens with zero attached hydrogens (tertiary/aromatic N) is 1. The topological polar surface area (TPSA) is 215 Å². The highest BCUT2D eigenvalue weighted by atomic mass is 32.2. The Labute approximate surface area is 288 Å². The Hall–Kier alpha value is -4.19. The smallest absolute Gasteiger partial charge is 0.305 e. The molecule has 3 fully saturated rings. The Morgan fingerprint density at radius 3 is 2.43 bits per heavy atom. The van der Waals surface area contributed by atoms with Crippen molar-refractivity contribution in [3.8, 4) is 11.5 Å². The minimum atomic E-state index is -3.87. The number of rotatable bonds is 11. The van der Waals surface area contributed by atoms with Crippen molar-refractivity contribution in [2.45, 2.75) is 40.9 Å². The molecule has 5 N–H and O–H groups in total. The number of primary sulfonamides is 1. The van der Waals surface area contributed by atoms with E-state index in [1.165, 1.54) is 24.3 Å². The van der Waals surface area contributed by atoms with Gasteiger partial charge in [-0.2, -0.15) is 0 Å². The maximum Gasteiger partial charge on any atom is 0.305 e. The summed E-state index contributed by atoms with van der Waals surface area (Å²) in [7, 11) is -3.87. The largest absolute Gasteiger partial charge is 0.490 e. The highest BCUT2D eigenvalue weighted by Crippen LogP contribution is 2.68. The first kappa shape index (κ1) is 33.3. The quantitative estimate of drug-likeness (QED) is 0.210. The number of carbonyl (C=O) groups excluding carboxylic acids is 3. The fraction of sp³-hybridized carbons (Fsp3) is 0.406. The number of thiazole rings is 1. The van der Waals surface area contributed by atoms with E-state index in [0.717, 1.165) is 31.7 Å². The van der Waals surface area contributed by atoms with Crippen LogP contribution in [0.15, 0.2) is 57.2 Å². The zero-order valence-corrected chi connectivity index (χ0v) is 28.4. The van der Waals surface area contributed by atoms with Crippen molar-refractivity contribution in [3.63, 3.8) is 0 Å². The molecule has 6 unspecified atom stereocenters. The van der Waals surface area contributed by atoms with Gasteiger partial charge in [0.05, 0.1) is 34.8 Å². The van der Waals surface area contributed by atoms with Gasteiger partial charge < -0.3 is 24.9 Å². The number of carboxylic acids is 1. The Morgan fingerprint density at radius 2 is 1.76 bits per heavy atom. The fourth-order valence-electron chi connectivity index (χ4n) is 8.05. The number of aromatic nitrogens is 1. The molecule has 49 heavy (non-hydrogen) atoms. The number of nitrogens with one attached hydrogen (secondary N) is 2. The zero-order chi connectivity index (χ0) is 34.8. The number of imide groups is 1. The van der Waals surface area contributed by atoms with Gasteiger partial charge in [-0.05, 0) is 73.1 Å². The van der Waals surface area contributed by atoms with E-state index in [2.05, 4.69) is 10.3 Å². The van der Waals surface area contributed by atoms with Crippen LogP contribution in [0.2, 0.25) is 0 Å². The normalized spacial score (nSPS) is 26.7. The number of aromatic amines is 1. The van der Waals surface area contributed by atoms with E-state index in [0.29, 0.717) is 30.2 Å². The highest BCUT2D eigenvalue weighted by Gasteiger charge is 2.69. The number of benzene rings is 2. The second-order valence-corrected chi connectivity index (χ2v) is 16.2. The molecule has 0 spiro atoms. The lowest BCUT2D eigenvalue weighted by molar-refractivity contribution is -0.142. The number of hydrogen-bond acceptors (Lipinski definition) is 11. The molecule has 3 aromatic rings. The maximum absolute atomic E-state index is 13.6. The fourth-order valence-corrected chi connectivity index (χ4v) is 11.5. The van der Waals surface area contributed by atoms with Crippen LogP contribution >= 0.6 is 23.1 Å². The number of thioether (sulfide) groups is 1. The molecular formula is C32H32N4O10S3. The molecule has 3 amide bonds. The number of hydrogen-bond donors (Lipinski definition) is 4. The van der Waals surface area contributed by atoms with Crippen molar-refractivity contribution in [3.05, 3.63) is 62.6 Å². The van der Waals surface area contributed by atoms with Gasteiger partial charge in [-0.1, -0.05) is 17.4 Å². The van der Waals surface area contributed by atoms with Crippen LogP contribution in [0.5, 0.6) is 11.5 Å². The van der Waals surface area contributed by atoms with Crippen LogP contribution in [-0.4, -0.2) is 72.1 Å². The first-order valence-corrected chi connectivity index (χ1v) is 18.9. The Kier molecular flexibility index (Phi) is 8.57. The van der Waals surface area contributed by atoms with Crippen molar-refractivity contribution in [1.82, 2.24) is 9.88 Å². The van der Waals surface area contributed by atoms with Gasteiger partial charge in [-0.15, -0.1) is 11.8 Å². The molecule has 7 rings (SSSR count). The summed E-state index contributed by atoms with van der Waals surface area (Å²) in [6, 6.07) is 10.8. The summed E-state index contributed by atoms with van der Waals surface area (Å²) in [5.74, 6) is -3.09. The van der Waals surface area contributed by atoms with Crippen molar-refractivity contribution < 1.29 is 42.2 Å². The Morgan fingerprint density at radius 1 is 1.04 bits per heavy atom. The van der Waals surface area contributed by atoms with Crippen molar-refractivity contribution >= 4 is 62.5 Å². The van der Waals surface area contributed by atoms with Gasteiger partial charge in [0, 0.05) is 28.3 Å². The predicted molar refractivity (Wildman–Crippen MR) is 177 cm³/mol. The van der Waals surface area contributed by atoms with Gasteiger partial charge in [-0.25, -0.2) is 13.6 Å². The SMILES string of the molecule is CCOc1cc([C@H]2c3sc(=O)[nH]c3SC3C4CC(C5C(=O)N(CCC(=O)O)C(=O)C45)C32)ccc1OCC(=O)Nc1ccc(S(N)(=O)=O)cc1. The average molecular weight is 729 g/mol. The number of carbonyl (C=O) groups is 4. The van der Waals surface area contributed by atoms with Crippen molar-refractivity contribution in [1.29, 1.82) is 0 Å². The maximum atomic E-state index is 13.6. The summed E-state index contributed by atoms with van der Waals surface area (Å²) in [5.41, 5.74) is 1.19. The van der Waals surface area contributed by atoms with Gasteiger partial charge >= 0.3 is 10.8 Å². The molecule has 2 aliphatic carbocycles. The number of ether oxygens (including phenoxy) is 2. The monoisotopic (exact) mass is 728 g/mol. The molecule has 14 nitrogen and oxygen atoms in total. The van der Waals surface area contributed by atoms with Crippen molar-refractivity contribution in [2.75, 3.05) is 25.1 Å². The third kappa shape index (κ3) is 5.91. The molecule has 17 heteroatoms. The first-order valence-electron chi connectivity index (χ1n) is 15.6. The van der Waals surface area contributed by atoms with Crippen molar-refractivity contribution in [2.24, 2.45) is 34.7 Å². The Balaban J connectivity index is 1.14. The van der Waals surface area contributed by atoms with Crippen LogP contribution in [0.1, 0.15) is 36.1 Å². The van der Waals surface area contributed by atoms with Crippen LogP contribution < -0.4 is 24.8 Å². The van der Waals surface area contributed by atoms with Crippen LogP contribution in [0.25, 0.3) is 0 Å². The molecule has 7 atom stereocenters. The van der Waals surface area contributed by atoms with E-state index in [1.807, 2.05) is 19.1 Å². The second kappa shape index (κ2) is 12.6. The molecule has 1 saturated heterocycles. The molecular weight excluding hydrogens is 697 g/mol. The Bertz CT molecular complexity index is 2030. The van der Waals surface area contributed by atoms with E-state index in [9.17, 15) is 37.5 Å². The van der Waals surface area contributed by atoms with Gasteiger partial charge in [0.25, 0.3) is 5.91 Å². The second-order valence-electron chi connectivity index (χ2n) is 12.5. The standard InChI is InChI=1S/C32H32N4O10S3/c1-2-45-20-11-14(3-8-19(20)46-13-21(37)34-15-4-6-16(7-5-15)49(33,43)44)23-24-17-12-18(27(24)47-29-28(23)48-32(42)35-29)26-25(17)30(40)36(31(26)41)10-9-22(38)39/h3-8,11,17-18,23-27H,2,9-10,12-13H2,1H3,(H,34,37)(H,35,42)(H,38,39)(H2,33,43,44)/t17?,18?,23-,24?,25?,26?,27?/m1/s1. The highest BCUT2D eigenvalue weighted by molar-refractivity contribution is 8.00. The predicted octanol–water partition coefficient (Wildman–Crippen LogP) is 2.45. The summed E-state index contributed by atoms with van der Waals surface area (Å²) in [4.78, 5) is 68.3. The van der Waals surface area contributed by atoms with E-state index in [-0.39, 0.29) is 70.1 Å². The molecule has 0 radical (unpaired) electrons. The minimum absolute atomic E-state index is 0.0423. The number of amides is 3. The molecule has 258 valence electrons. The third-order valence-electron chi connectivity index (χ3n) is 9.82. The van der Waals surface area contributed by atoms with E-state index >= 15 is 0 Å². The average Bonchev–Trinajstić information content (AvgIpc) is 3.78. The molecule has 2 aromatic carbocycles. The third-order valence-corrected chi connectivity index (χ3v) is 13.3. The van der Waals surface area contributed by atoms with E-state index in [1.54, 1.807) is 17.8 Å². The van der Waals surface area contributed by atoms with Gasteiger partial charge in [0.2, 0.25) is 21.8 Å². The number of sulfonamides is 1. The van der Waals surface area contributed by atoms with E-state index < -0.39 is 33.7 Å². The lowest BCUT2D eigenvalue weighted by Gasteiger charge is -2.43. The summed E-state index contributed by atoms with van der Waals surface area (Å²) in [6.45, 7) is 1.60. The molecule has 3 heterocycles. The number of H-pyrrole nitrogens is 1. The molecule has 1 aromatic heterocycles. The van der Waals surface area contributed by atoms with Crippen LogP contribution in [-0.2, 0) is 29.2 Å². The number of carboxylic acid groups (broad SMARTS) is 1. The molecule has 4 aliphatic rings. The number of anilines is 1. The van der Waals surface area contributed by atoms with Gasteiger partial charge in [-0.3, -0.25) is 28.9 Å². The number of likely N-dealkylation sites (tertiary alicyclic amines) is 1. The van der Waals surface area contributed by atoms with Crippen LogP contribution in [0.4, 0.5) is 5.69 Å². The minimum Gasteiger partial charge on any atom is -0.490 e. The number of nitrogens with two attached hydrogens (primary N) is 1. The molecule has 2 aliphatic heterocycles. The first-order chi connectivity index (χ1) is 23.3. The van der Waals surface area contributed by atoms with E-state index in [4.69, 9.17) is 14.6 Å². The molecule has 2 saturated carbocycles. The zero-order valence-electron chi connectivity index (χ0n) is 26.0. The lowest BCUT2D eigenvalue weighted by atomic mass is 9.68. The van der Waals surface area contributed by atoms with Gasteiger partial charge in [0.15, 0.2) is 18.1 Å².